The zero-order valence-corrected chi connectivity index (χ0v) is 18.9. The van der Waals surface area contributed by atoms with Crippen LogP contribution >= 0.6 is 0 Å². The maximum absolute atomic E-state index is 13.6. The number of urea groups is 1. The molecule has 1 aromatic carbocycles. The summed E-state index contributed by atoms with van der Waals surface area (Å²) in [5, 5.41) is 0. The van der Waals surface area contributed by atoms with Crippen LogP contribution in [0.25, 0.3) is 0 Å². The SMILES string of the molecule is COc1ccccc1N1CCN(C(=O)N(CC2CC2)c2cc(C)c(C)nc2OC)CC1. The molecule has 31 heavy (non-hydrogen) atoms. The molecule has 1 aliphatic heterocycles. The van der Waals surface area contributed by atoms with Crippen LogP contribution in [0.3, 0.4) is 0 Å². The van der Waals surface area contributed by atoms with Gasteiger partial charge in [-0.25, -0.2) is 9.78 Å². The number of piperazine rings is 1. The third-order valence-electron chi connectivity index (χ3n) is 6.24. The van der Waals surface area contributed by atoms with Crippen LogP contribution in [0.2, 0.25) is 0 Å². The smallest absolute Gasteiger partial charge is 0.324 e. The molecule has 0 unspecified atom stereocenters. The van der Waals surface area contributed by atoms with Crippen molar-refractivity contribution >= 4 is 17.4 Å². The summed E-state index contributed by atoms with van der Waals surface area (Å²) in [7, 11) is 3.31. The first-order valence-electron chi connectivity index (χ1n) is 11.0. The molecule has 166 valence electrons. The number of aryl methyl sites for hydroxylation is 2. The van der Waals surface area contributed by atoms with Crippen LogP contribution in [0.1, 0.15) is 24.1 Å². The quantitative estimate of drug-likeness (QED) is 0.705. The Bertz CT molecular complexity index is 936. The lowest BCUT2D eigenvalue weighted by molar-refractivity contribution is 0.200. The molecule has 2 fully saturated rings. The van der Waals surface area contributed by atoms with Gasteiger partial charge in [0.2, 0.25) is 5.88 Å². The molecule has 2 amide bonds. The number of aromatic nitrogens is 1. The zero-order chi connectivity index (χ0) is 22.0. The Kier molecular flexibility index (Phi) is 6.20. The molecule has 1 saturated heterocycles. The second kappa shape index (κ2) is 9.04. The van der Waals surface area contributed by atoms with Gasteiger partial charge in [0.05, 0.1) is 19.9 Å². The molecular formula is C24H32N4O3. The van der Waals surface area contributed by atoms with Crippen LogP contribution in [-0.2, 0) is 0 Å². The summed E-state index contributed by atoms with van der Waals surface area (Å²) < 4.78 is 11.1. The number of pyridine rings is 1. The van der Waals surface area contributed by atoms with Gasteiger partial charge in [-0.3, -0.25) is 4.90 Å². The van der Waals surface area contributed by atoms with E-state index in [1.165, 1.54) is 12.8 Å². The summed E-state index contributed by atoms with van der Waals surface area (Å²) >= 11 is 0. The van der Waals surface area contributed by atoms with Gasteiger partial charge in [-0.05, 0) is 56.4 Å². The fraction of sp³-hybridized carbons (Fsp3) is 0.500. The third kappa shape index (κ3) is 4.55. The highest BCUT2D eigenvalue weighted by Crippen LogP contribution is 2.36. The highest BCUT2D eigenvalue weighted by molar-refractivity contribution is 5.93. The number of carbonyl (C=O) groups is 1. The predicted molar refractivity (Wildman–Crippen MR) is 123 cm³/mol. The molecular weight excluding hydrogens is 392 g/mol. The van der Waals surface area contributed by atoms with E-state index in [4.69, 9.17) is 9.47 Å². The van der Waals surface area contributed by atoms with E-state index in [0.29, 0.717) is 31.4 Å². The molecule has 0 spiro atoms. The van der Waals surface area contributed by atoms with Crippen molar-refractivity contribution in [1.29, 1.82) is 0 Å². The van der Waals surface area contributed by atoms with Gasteiger partial charge in [0.15, 0.2) is 0 Å². The van der Waals surface area contributed by atoms with Gasteiger partial charge < -0.3 is 19.3 Å². The van der Waals surface area contributed by atoms with E-state index in [9.17, 15) is 4.79 Å². The Hall–Kier alpha value is -2.96. The predicted octanol–water partition coefficient (Wildman–Crippen LogP) is 3.87. The Morgan fingerprint density at radius 2 is 1.81 bits per heavy atom. The van der Waals surface area contributed by atoms with Crippen LogP contribution < -0.4 is 19.3 Å². The number of carbonyl (C=O) groups excluding carboxylic acids is 1. The average Bonchev–Trinajstić information content (AvgIpc) is 3.63. The lowest BCUT2D eigenvalue weighted by atomic mass is 10.2. The first-order chi connectivity index (χ1) is 15.0. The van der Waals surface area contributed by atoms with Gasteiger partial charge in [0, 0.05) is 38.4 Å². The molecule has 7 nitrogen and oxygen atoms in total. The molecule has 2 aliphatic rings. The molecule has 0 atom stereocenters. The van der Waals surface area contributed by atoms with E-state index in [-0.39, 0.29) is 6.03 Å². The standard InChI is InChI=1S/C24H32N4O3/c1-17-15-21(23(31-4)25-18(17)2)28(16-19-9-10-19)24(29)27-13-11-26(12-14-27)20-7-5-6-8-22(20)30-3/h5-8,15,19H,9-14,16H2,1-4H3. The van der Waals surface area contributed by atoms with E-state index in [1.54, 1.807) is 14.2 Å². The van der Waals surface area contributed by atoms with Crippen LogP contribution in [0.5, 0.6) is 11.6 Å². The zero-order valence-electron chi connectivity index (χ0n) is 18.9. The van der Waals surface area contributed by atoms with Gasteiger partial charge in [0.25, 0.3) is 0 Å². The van der Waals surface area contributed by atoms with Crippen molar-refractivity contribution in [3.63, 3.8) is 0 Å². The van der Waals surface area contributed by atoms with Crippen LogP contribution in [0.15, 0.2) is 30.3 Å². The number of anilines is 2. The summed E-state index contributed by atoms with van der Waals surface area (Å²) in [6.07, 6.45) is 2.35. The maximum Gasteiger partial charge on any atom is 0.324 e. The summed E-state index contributed by atoms with van der Waals surface area (Å²) in [6.45, 7) is 7.57. The molecule has 2 heterocycles. The molecule has 4 rings (SSSR count). The fourth-order valence-electron chi connectivity index (χ4n) is 4.05. The van der Waals surface area contributed by atoms with Crippen molar-refractivity contribution in [3.8, 4) is 11.6 Å². The number of hydrogen-bond donors (Lipinski definition) is 0. The van der Waals surface area contributed by atoms with E-state index >= 15 is 0 Å². The Morgan fingerprint density at radius 3 is 2.45 bits per heavy atom. The number of para-hydroxylation sites is 2. The summed E-state index contributed by atoms with van der Waals surface area (Å²) in [4.78, 5) is 24.3. The monoisotopic (exact) mass is 424 g/mol. The first kappa shape index (κ1) is 21.3. The number of rotatable bonds is 6. The number of ether oxygens (including phenoxy) is 2. The minimum absolute atomic E-state index is 0.0370. The summed E-state index contributed by atoms with van der Waals surface area (Å²) in [5.41, 5.74) is 3.83. The molecule has 0 radical (unpaired) electrons. The lowest BCUT2D eigenvalue weighted by Gasteiger charge is -2.39. The van der Waals surface area contributed by atoms with Crippen molar-refractivity contribution in [2.24, 2.45) is 5.92 Å². The van der Waals surface area contributed by atoms with Crippen LogP contribution in [0, 0.1) is 19.8 Å². The molecule has 2 aromatic rings. The fourth-order valence-corrected chi connectivity index (χ4v) is 4.05. The molecule has 0 bridgehead atoms. The largest absolute Gasteiger partial charge is 0.495 e. The topological polar surface area (TPSA) is 58.1 Å². The van der Waals surface area contributed by atoms with E-state index in [1.807, 2.05) is 47.9 Å². The number of amides is 2. The Balaban J connectivity index is 1.52. The van der Waals surface area contributed by atoms with Crippen molar-refractivity contribution < 1.29 is 14.3 Å². The summed E-state index contributed by atoms with van der Waals surface area (Å²) in [5.74, 6) is 1.94. The van der Waals surface area contributed by atoms with E-state index in [0.717, 1.165) is 41.5 Å². The third-order valence-corrected chi connectivity index (χ3v) is 6.24. The van der Waals surface area contributed by atoms with E-state index < -0.39 is 0 Å². The number of nitrogens with zero attached hydrogens (tertiary/aromatic N) is 4. The van der Waals surface area contributed by atoms with Crippen molar-refractivity contribution in [1.82, 2.24) is 9.88 Å². The minimum Gasteiger partial charge on any atom is -0.495 e. The highest BCUT2D eigenvalue weighted by atomic mass is 16.5. The average molecular weight is 425 g/mol. The Labute approximate surface area is 184 Å². The van der Waals surface area contributed by atoms with Gasteiger partial charge in [-0.15, -0.1) is 0 Å². The van der Waals surface area contributed by atoms with Crippen molar-refractivity contribution in [2.45, 2.75) is 26.7 Å². The summed E-state index contributed by atoms with van der Waals surface area (Å²) in [6, 6.07) is 10.1. The van der Waals surface area contributed by atoms with Crippen molar-refractivity contribution in [3.05, 3.63) is 41.6 Å². The maximum atomic E-state index is 13.6. The molecule has 1 saturated carbocycles. The minimum atomic E-state index is 0.0370. The molecule has 1 aromatic heterocycles. The molecule has 7 heteroatoms. The molecule has 1 aliphatic carbocycles. The van der Waals surface area contributed by atoms with E-state index in [2.05, 4.69) is 16.0 Å². The van der Waals surface area contributed by atoms with Crippen molar-refractivity contribution in [2.75, 3.05) is 56.7 Å². The number of benzene rings is 1. The first-order valence-corrected chi connectivity index (χ1v) is 11.0. The van der Waals surface area contributed by atoms with Gasteiger partial charge in [-0.1, -0.05) is 12.1 Å². The highest BCUT2D eigenvalue weighted by Gasteiger charge is 2.33. The Morgan fingerprint density at radius 1 is 1.10 bits per heavy atom. The second-order valence-corrected chi connectivity index (χ2v) is 8.40. The lowest BCUT2D eigenvalue weighted by Crippen LogP contribution is -2.53. The van der Waals surface area contributed by atoms with Crippen LogP contribution in [-0.4, -0.2) is 62.9 Å². The van der Waals surface area contributed by atoms with Gasteiger partial charge in [0.1, 0.15) is 11.4 Å². The normalized spacial score (nSPS) is 16.3. The number of hydrogen-bond acceptors (Lipinski definition) is 5. The molecule has 0 N–H and O–H groups in total. The number of methoxy groups -OCH3 is 2. The van der Waals surface area contributed by atoms with Crippen LogP contribution in [0.4, 0.5) is 16.2 Å². The van der Waals surface area contributed by atoms with Gasteiger partial charge in [-0.2, -0.15) is 0 Å². The van der Waals surface area contributed by atoms with Gasteiger partial charge >= 0.3 is 6.03 Å². The second-order valence-electron chi connectivity index (χ2n) is 8.40.